The van der Waals surface area contributed by atoms with Gasteiger partial charge in [0.05, 0.1) is 22.6 Å². The molecule has 2 aromatic rings. The molecule has 0 spiro atoms. The van der Waals surface area contributed by atoms with Crippen molar-refractivity contribution in [1.29, 1.82) is 0 Å². The van der Waals surface area contributed by atoms with E-state index in [0.29, 0.717) is 11.5 Å². The zero-order valence-electron chi connectivity index (χ0n) is 11.3. The van der Waals surface area contributed by atoms with Crippen molar-refractivity contribution in [1.82, 2.24) is 9.97 Å². The number of carbonyl (C=O) groups excluding carboxylic acids is 1. The first-order valence-electron chi connectivity index (χ1n) is 5.89. The molecular formula is C12H13ClN4O3S. The average molecular weight is 329 g/mol. The van der Waals surface area contributed by atoms with Crippen LogP contribution in [0.2, 0.25) is 5.02 Å². The molecule has 1 aromatic heterocycles. The van der Waals surface area contributed by atoms with Gasteiger partial charge in [-0.1, -0.05) is 11.6 Å². The summed E-state index contributed by atoms with van der Waals surface area (Å²) in [5, 5.41) is 2.72. The van der Waals surface area contributed by atoms with Gasteiger partial charge < -0.3 is 10.3 Å². The van der Waals surface area contributed by atoms with E-state index in [1.165, 1.54) is 31.3 Å². The lowest BCUT2D eigenvalue weighted by Crippen LogP contribution is -2.13. The predicted octanol–water partition coefficient (Wildman–Crippen LogP) is 2.13. The lowest BCUT2D eigenvalue weighted by molar-refractivity contribution is -0.114. The molecule has 0 saturated heterocycles. The van der Waals surface area contributed by atoms with Gasteiger partial charge in [-0.3, -0.25) is 9.52 Å². The maximum Gasteiger partial charge on any atom is 0.278 e. The van der Waals surface area contributed by atoms with E-state index in [1.54, 1.807) is 6.92 Å². The third-order valence-electron chi connectivity index (χ3n) is 2.50. The molecule has 1 amide bonds. The van der Waals surface area contributed by atoms with Gasteiger partial charge in [0.1, 0.15) is 5.82 Å². The molecule has 1 aromatic carbocycles. The highest BCUT2D eigenvalue weighted by Gasteiger charge is 2.17. The Balaban J connectivity index is 2.24. The monoisotopic (exact) mass is 328 g/mol. The van der Waals surface area contributed by atoms with Crippen LogP contribution in [0.1, 0.15) is 12.7 Å². The van der Waals surface area contributed by atoms with Crippen molar-refractivity contribution in [2.75, 3.05) is 10.0 Å². The number of halogens is 1. The van der Waals surface area contributed by atoms with Gasteiger partial charge in [0.25, 0.3) is 10.0 Å². The number of benzene rings is 1. The van der Waals surface area contributed by atoms with E-state index >= 15 is 0 Å². The molecule has 2 rings (SSSR count). The van der Waals surface area contributed by atoms with E-state index in [4.69, 9.17) is 11.6 Å². The number of carbonyl (C=O) groups is 1. The highest BCUT2D eigenvalue weighted by molar-refractivity contribution is 7.92. The van der Waals surface area contributed by atoms with Crippen molar-refractivity contribution >= 4 is 38.9 Å². The number of imidazole rings is 1. The van der Waals surface area contributed by atoms with E-state index in [9.17, 15) is 13.2 Å². The minimum atomic E-state index is -3.76. The number of rotatable bonds is 4. The minimum Gasteiger partial charge on any atom is -0.332 e. The number of anilines is 2. The highest BCUT2D eigenvalue weighted by Crippen LogP contribution is 2.26. The van der Waals surface area contributed by atoms with Crippen LogP contribution >= 0.6 is 11.6 Å². The van der Waals surface area contributed by atoms with Crippen molar-refractivity contribution in [2.45, 2.75) is 18.9 Å². The standard InChI is InChI=1S/C12H13ClN4O3S/c1-7-14-6-12(15-7)21(19,20)17-9-3-4-11(10(13)5-9)16-8(2)18/h3-6,17H,1-2H3,(H,14,15)(H,16,18). The van der Waals surface area contributed by atoms with Crippen LogP contribution in [0.15, 0.2) is 29.4 Å². The van der Waals surface area contributed by atoms with Crippen LogP contribution in [0.5, 0.6) is 0 Å². The third-order valence-corrected chi connectivity index (χ3v) is 4.10. The normalized spacial score (nSPS) is 11.2. The second kappa shape index (κ2) is 5.74. The summed E-state index contributed by atoms with van der Waals surface area (Å²) in [6.45, 7) is 3.01. The number of amides is 1. The van der Waals surface area contributed by atoms with E-state index in [-0.39, 0.29) is 21.6 Å². The Kier molecular flexibility index (Phi) is 4.19. The van der Waals surface area contributed by atoms with Crippen LogP contribution in [-0.4, -0.2) is 24.3 Å². The van der Waals surface area contributed by atoms with E-state index in [0.717, 1.165) is 0 Å². The van der Waals surface area contributed by atoms with Crippen molar-refractivity contribution in [3.8, 4) is 0 Å². The molecule has 0 radical (unpaired) electrons. The number of hydrogen-bond donors (Lipinski definition) is 3. The van der Waals surface area contributed by atoms with Crippen molar-refractivity contribution in [2.24, 2.45) is 0 Å². The third kappa shape index (κ3) is 3.73. The molecule has 21 heavy (non-hydrogen) atoms. The Morgan fingerprint density at radius 2 is 2.10 bits per heavy atom. The van der Waals surface area contributed by atoms with Gasteiger partial charge in [-0.15, -0.1) is 0 Å². The van der Waals surface area contributed by atoms with Crippen LogP contribution in [0.3, 0.4) is 0 Å². The first-order chi connectivity index (χ1) is 9.78. The van der Waals surface area contributed by atoms with Crippen molar-refractivity contribution in [3.05, 3.63) is 35.2 Å². The molecule has 112 valence electrons. The Bertz CT molecular complexity index is 786. The lowest BCUT2D eigenvalue weighted by Gasteiger charge is -2.09. The first-order valence-corrected chi connectivity index (χ1v) is 7.75. The highest BCUT2D eigenvalue weighted by atomic mass is 35.5. The zero-order chi connectivity index (χ0) is 15.6. The lowest BCUT2D eigenvalue weighted by atomic mass is 10.3. The van der Waals surface area contributed by atoms with Gasteiger partial charge in [-0.25, -0.2) is 4.98 Å². The molecule has 7 nitrogen and oxygen atoms in total. The van der Waals surface area contributed by atoms with Crippen LogP contribution in [0.4, 0.5) is 11.4 Å². The number of nitrogens with zero attached hydrogens (tertiary/aromatic N) is 1. The van der Waals surface area contributed by atoms with Gasteiger partial charge in [0.15, 0.2) is 5.03 Å². The van der Waals surface area contributed by atoms with Crippen LogP contribution in [0.25, 0.3) is 0 Å². The second-order valence-corrected chi connectivity index (χ2v) is 6.37. The molecular weight excluding hydrogens is 316 g/mol. The second-order valence-electron chi connectivity index (χ2n) is 4.31. The topological polar surface area (TPSA) is 104 Å². The van der Waals surface area contributed by atoms with Gasteiger partial charge in [-0.2, -0.15) is 8.42 Å². The molecule has 0 bridgehead atoms. The minimum absolute atomic E-state index is 0.0398. The summed E-state index contributed by atoms with van der Waals surface area (Å²) in [6, 6.07) is 4.42. The number of aryl methyl sites for hydroxylation is 1. The molecule has 0 aliphatic rings. The average Bonchev–Trinajstić information content (AvgIpc) is 2.79. The molecule has 9 heteroatoms. The molecule has 0 aliphatic carbocycles. The van der Waals surface area contributed by atoms with Crippen LogP contribution < -0.4 is 10.0 Å². The SMILES string of the molecule is CC(=O)Nc1ccc(NS(=O)(=O)c2cnc(C)[nH]2)cc1Cl. The number of H-pyrrole nitrogens is 1. The van der Waals surface area contributed by atoms with Crippen LogP contribution in [-0.2, 0) is 14.8 Å². The number of nitrogens with one attached hydrogen (secondary N) is 3. The summed E-state index contributed by atoms with van der Waals surface area (Å²) < 4.78 is 26.6. The van der Waals surface area contributed by atoms with Crippen LogP contribution in [0, 0.1) is 6.92 Å². The molecule has 0 unspecified atom stereocenters. The van der Waals surface area contributed by atoms with E-state index in [2.05, 4.69) is 20.0 Å². The van der Waals surface area contributed by atoms with Gasteiger partial charge >= 0.3 is 0 Å². The van der Waals surface area contributed by atoms with Gasteiger partial charge in [-0.05, 0) is 25.1 Å². The molecule has 3 N–H and O–H groups in total. The quantitative estimate of drug-likeness (QED) is 0.799. The van der Waals surface area contributed by atoms with Gasteiger partial charge in [0, 0.05) is 6.92 Å². The first kappa shape index (κ1) is 15.3. The number of sulfonamides is 1. The number of aromatic nitrogens is 2. The Hall–Kier alpha value is -2.06. The fourth-order valence-corrected chi connectivity index (χ4v) is 2.86. The van der Waals surface area contributed by atoms with Crippen molar-refractivity contribution in [3.63, 3.8) is 0 Å². The fraction of sp³-hybridized carbons (Fsp3) is 0.167. The molecule has 0 aliphatic heterocycles. The largest absolute Gasteiger partial charge is 0.332 e. The van der Waals surface area contributed by atoms with Crippen molar-refractivity contribution < 1.29 is 13.2 Å². The maximum atomic E-state index is 12.1. The summed E-state index contributed by atoms with van der Waals surface area (Å²) in [4.78, 5) is 17.5. The Morgan fingerprint density at radius 1 is 1.38 bits per heavy atom. The number of hydrogen-bond acceptors (Lipinski definition) is 4. The summed E-state index contributed by atoms with van der Waals surface area (Å²) in [7, 11) is -3.76. The fourth-order valence-electron chi connectivity index (χ4n) is 1.61. The van der Waals surface area contributed by atoms with E-state index < -0.39 is 10.0 Å². The molecule has 0 fully saturated rings. The van der Waals surface area contributed by atoms with E-state index in [1.807, 2.05) is 0 Å². The molecule has 0 atom stereocenters. The predicted molar refractivity (Wildman–Crippen MR) is 79.9 cm³/mol. The summed E-state index contributed by atoms with van der Waals surface area (Å²) >= 11 is 5.98. The summed E-state index contributed by atoms with van der Waals surface area (Å²) in [5.74, 6) is 0.229. The Labute approximate surface area is 126 Å². The summed E-state index contributed by atoms with van der Waals surface area (Å²) in [5.41, 5.74) is 0.686. The smallest absolute Gasteiger partial charge is 0.278 e. The zero-order valence-corrected chi connectivity index (χ0v) is 12.8. The summed E-state index contributed by atoms with van der Waals surface area (Å²) in [6.07, 6.45) is 1.23. The van der Waals surface area contributed by atoms with Gasteiger partial charge in [0.2, 0.25) is 5.91 Å². The molecule has 0 saturated carbocycles. The number of aromatic amines is 1. The maximum absolute atomic E-state index is 12.1. The Morgan fingerprint density at radius 3 is 2.62 bits per heavy atom. The molecule has 1 heterocycles.